The van der Waals surface area contributed by atoms with Crippen LogP contribution < -0.4 is 5.73 Å². The van der Waals surface area contributed by atoms with Gasteiger partial charge in [0.25, 0.3) is 0 Å². The Hall–Kier alpha value is -0.860. The topological polar surface area (TPSA) is 46.2 Å². The Kier molecular flexibility index (Phi) is 3.46. The van der Waals surface area contributed by atoms with Gasteiger partial charge < -0.3 is 10.8 Å². The van der Waals surface area contributed by atoms with Gasteiger partial charge in [-0.15, -0.1) is 0 Å². The van der Waals surface area contributed by atoms with Crippen molar-refractivity contribution < 1.29 is 5.11 Å². The second-order valence-electron chi connectivity index (χ2n) is 3.48. The maximum atomic E-state index is 8.76. The molecule has 0 bridgehead atoms. The second kappa shape index (κ2) is 4.40. The fourth-order valence-corrected chi connectivity index (χ4v) is 1.54. The summed E-state index contributed by atoms with van der Waals surface area (Å²) in [5.41, 5.74) is 9.49. The quantitative estimate of drug-likeness (QED) is 0.741. The van der Waals surface area contributed by atoms with Gasteiger partial charge in [-0.25, -0.2) is 0 Å². The van der Waals surface area contributed by atoms with Gasteiger partial charge in [0.05, 0.1) is 0 Å². The molecule has 0 fully saturated rings. The first-order valence-corrected chi connectivity index (χ1v) is 4.58. The first-order chi connectivity index (χ1) is 6.15. The number of aryl methyl sites for hydroxylation is 2. The molecule has 0 aliphatic carbocycles. The molecule has 0 aliphatic heterocycles. The Morgan fingerprint density at radius 3 is 2.62 bits per heavy atom. The molecule has 0 heterocycles. The fourth-order valence-electron chi connectivity index (χ4n) is 1.54. The van der Waals surface area contributed by atoms with Gasteiger partial charge in [-0.3, -0.25) is 0 Å². The molecule has 1 rings (SSSR count). The molecule has 1 aromatic carbocycles. The molecule has 0 unspecified atom stereocenters. The Labute approximate surface area is 79.4 Å². The Balaban J connectivity index is 2.88. The third-order valence-electron chi connectivity index (χ3n) is 2.26. The van der Waals surface area contributed by atoms with Crippen LogP contribution in [-0.4, -0.2) is 11.7 Å². The predicted octanol–water partition coefficient (Wildman–Crippen LogP) is 1.69. The van der Waals surface area contributed by atoms with Gasteiger partial charge in [-0.05, 0) is 31.4 Å². The van der Waals surface area contributed by atoms with Crippen molar-refractivity contribution in [3.63, 3.8) is 0 Å². The average Bonchev–Trinajstić information content (AvgIpc) is 2.04. The van der Waals surface area contributed by atoms with Crippen molar-refractivity contribution in [1.82, 2.24) is 0 Å². The third-order valence-corrected chi connectivity index (χ3v) is 2.26. The van der Waals surface area contributed by atoms with Crippen LogP contribution in [0.1, 0.15) is 29.2 Å². The monoisotopic (exact) mass is 179 g/mol. The van der Waals surface area contributed by atoms with Gasteiger partial charge in [-0.2, -0.15) is 0 Å². The minimum absolute atomic E-state index is 0.0365. The number of hydrogen-bond donors (Lipinski definition) is 2. The molecule has 0 amide bonds. The summed E-state index contributed by atoms with van der Waals surface area (Å²) in [6.45, 7) is 4.27. The van der Waals surface area contributed by atoms with E-state index < -0.39 is 0 Å². The molecule has 0 saturated carbocycles. The Morgan fingerprint density at radius 2 is 2.08 bits per heavy atom. The molecule has 0 saturated heterocycles. The van der Waals surface area contributed by atoms with Gasteiger partial charge >= 0.3 is 0 Å². The lowest BCUT2D eigenvalue weighted by Gasteiger charge is -2.13. The summed E-state index contributed by atoms with van der Waals surface area (Å²) in [6, 6.07) is 6.18. The Morgan fingerprint density at radius 1 is 1.38 bits per heavy atom. The van der Waals surface area contributed by atoms with Crippen molar-refractivity contribution in [1.29, 1.82) is 0 Å². The first-order valence-electron chi connectivity index (χ1n) is 4.58. The van der Waals surface area contributed by atoms with Gasteiger partial charge in [0, 0.05) is 12.6 Å². The van der Waals surface area contributed by atoms with Crippen LogP contribution in [-0.2, 0) is 0 Å². The molecule has 2 heteroatoms. The van der Waals surface area contributed by atoms with E-state index >= 15 is 0 Å². The predicted molar refractivity (Wildman–Crippen MR) is 54.5 cm³/mol. The van der Waals surface area contributed by atoms with E-state index in [1.807, 2.05) is 6.07 Å². The molecule has 3 N–H and O–H groups in total. The SMILES string of the molecule is Cc1ccc([C@H](N)CCO)c(C)c1. The second-order valence-corrected chi connectivity index (χ2v) is 3.48. The van der Waals surface area contributed by atoms with E-state index in [2.05, 4.69) is 26.0 Å². The van der Waals surface area contributed by atoms with Crippen LogP contribution >= 0.6 is 0 Å². The summed E-state index contributed by atoms with van der Waals surface area (Å²) in [5, 5.41) is 8.76. The number of rotatable bonds is 3. The summed E-state index contributed by atoms with van der Waals surface area (Å²) in [7, 11) is 0. The van der Waals surface area contributed by atoms with E-state index in [0.717, 1.165) is 5.56 Å². The van der Waals surface area contributed by atoms with Crippen molar-refractivity contribution in [2.75, 3.05) is 6.61 Å². The van der Waals surface area contributed by atoms with Crippen LogP contribution in [0, 0.1) is 13.8 Å². The van der Waals surface area contributed by atoms with Gasteiger partial charge in [0.2, 0.25) is 0 Å². The van der Waals surface area contributed by atoms with Crippen LogP contribution in [0.2, 0.25) is 0 Å². The zero-order chi connectivity index (χ0) is 9.84. The minimum atomic E-state index is -0.0365. The first kappa shape index (κ1) is 10.2. The van der Waals surface area contributed by atoms with E-state index in [1.54, 1.807) is 0 Å². The lowest BCUT2D eigenvalue weighted by atomic mass is 9.98. The molecule has 13 heavy (non-hydrogen) atoms. The molecule has 1 aromatic rings. The number of aliphatic hydroxyl groups excluding tert-OH is 1. The van der Waals surface area contributed by atoms with Gasteiger partial charge in [-0.1, -0.05) is 23.8 Å². The number of nitrogens with two attached hydrogens (primary N) is 1. The van der Waals surface area contributed by atoms with Crippen molar-refractivity contribution in [2.24, 2.45) is 5.73 Å². The lowest BCUT2D eigenvalue weighted by Crippen LogP contribution is -2.13. The molecule has 1 atom stereocenters. The number of benzene rings is 1. The standard InChI is InChI=1S/C11H17NO/c1-8-3-4-10(9(2)7-8)11(12)5-6-13/h3-4,7,11,13H,5-6,12H2,1-2H3/t11-/m1/s1. The molecule has 0 spiro atoms. The summed E-state index contributed by atoms with van der Waals surface area (Å²) >= 11 is 0. The van der Waals surface area contributed by atoms with Gasteiger partial charge in [0.1, 0.15) is 0 Å². The molecule has 0 aromatic heterocycles. The highest BCUT2D eigenvalue weighted by atomic mass is 16.3. The van der Waals surface area contributed by atoms with Crippen molar-refractivity contribution in [3.05, 3.63) is 34.9 Å². The van der Waals surface area contributed by atoms with Crippen LogP contribution in [0.3, 0.4) is 0 Å². The summed E-state index contributed by atoms with van der Waals surface area (Å²) in [4.78, 5) is 0. The van der Waals surface area contributed by atoms with E-state index in [4.69, 9.17) is 10.8 Å². The third kappa shape index (κ3) is 2.54. The van der Waals surface area contributed by atoms with Crippen molar-refractivity contribution in [2.45, 2.75) is 26.3 Å². The average molecular weight is 179 g/mol. The maximum absolute atomic E-state index is 8.76. The zero-order valence-electron chi connectivity index (χ0n) is 8.25. The van der Waals surface area contributed by atoms with E-state index in [9.17, 15) is 0 Å². The van der Waals surface area contributed by atoms with Crippen LogP contribution in [0.5, 0.6) is 0 Å². The van der Waals surface area contributed by atoms with Crippen LogP contribution in [0.4, 0.5) is 0 Å². The summed E-state index contributed by atoms with van der Waals surface area (Å²) in [6.07, 6.45) is 0.629. The number of aliphatic hydroxyl groups is 1. The van der Waals surface area contributed by atoms with E-state index in [1.165, 1.54) is 11.1 Å². The number of hydrogen-bond acceptors (Lipinski definition) is 2. The highest BCUT2D eigenvalue weighted by Crippen LogP contribution is 2.18. The van der Waals surface area contributed by atoms with Crippen molar-refractivity contribution in [3.8, 4) is 0 Å². The molecular weight excluding hydrogens is 162 g/mol. The normalized spacial score (nSPS) is 12.9. The highest BCUT2D eigenvalue weighted by Gasteiger charge is 2.07. The summed E-state index contributed by atoms with van der Waals surface area (Å²) in [5.74, 6) is 0. The van der Waals surface area contributed by atoms with Crippen LogP contribution in [0.25, 0.3) is 0 Å². The van der Waals surface area contributed by atoms with Crippen LogP contribution in [0.15, 0.2) is 18.2 Å². The Bertz CT molecular complexity index is 283. The minimum Gasteiger partial charge on any atom is -0.396 e. The largest absolute Gasteiger partial charge is 0.396 e. The zero-order valence-corrected chi connectivity index (χ0v) is 8.25. The lowest BCUT2D eigenvalue weighted by molar-refractivity contribution is 0.276. The molecule has 0 radical (unpaired) electrons. The molecule has 2 nitrogen and oxygen atoms in total. The molecule has 0 aliphatic rings. The highest BCUT2D eigenvalue weighted by molar-refractivity contribution is 5.32. The van der Waals surface area contributed by atoms with Crippen molar-refractivity contribution >= 4 is 0 Å². The fraction of sp³-hybridized carbons (Fsp3) is 0.455. The summed E-state index contributed by atoms with van der Waals surface area (Å²) < 4.78 is 0. The molecular formula is C11H17NO. The van der Waals surface area contributed by atoms with E-state index in [-0.39, 0.29) is 12.6 Å². The van der Waals surface area contributed by atoms with Gasteiger partial charge in [0.15, 0.2) is 0 Å². The smallest absolute Gasteiger partial charge is 0.0449 e. The van der Waals surface area contributed by atoms with E-state index in [0.29, 0.717) is 6.42 Å². The molecule has 72 valence electrons. The maximum Gasteiger partial charge on any atom is 0.0449 e.